The summed E-state index contributed by atoms with van der Waals surface area (Å²) in [7, 11) is -1.76. The number of aryl methyl sites for hydroxylation is 1. The van der Waals surface area contributed by atoms with E-state index in [1.165, 1.54) is 17.1 Å². The zero-order valence-corrected chi connectivity index (χ0v) is 16.3. The average Bonchev–Trinajstić information content (AvgIpc) is 2.69. The van der Waals surface area contributed by atoms with Crippen LogP contribution in [0.15, 0.2) is 46.6 Å². The van der Waals surface area contributed by atoms with Gasteiger partial charge in [-0.15, -0.1) is 0 Å². The molecule has 2 aromatic heterocycles. The Morgan fingerprint density at radius 2 is 1.96 bits per heavy atom. The number of ether oxygens (including phenoxy) is 1. The molecular weight excluding hydrogens is 366 g/mol. The van der Waals surface area contributed by atoms with E-state index in [1.54, 1.807) is 38.4 Å². The van der Waals surface area contributed by atoms with E-state index in [9.17, 15) is 13.2 Å². The van der Waals surface area contributed by atoms with E-state index in [1.807, 2.05) is 6.92 Å². The van der Waals surface area contributed by atoms with E-state index in [2.05, 4.69) is 9.97 Å². The monoisotopic (exact) mass is 387 g/mol. The highest BCUT2D eigenvalue weighted by Gasteiger charge is 2.19. The maximum absolute atomic E-state index is 12.4. The molecule has 0 saturated carbocycles. The van der Waals surface area contributed by atoms with Crippen LogP contribution in [0.4, 0.5) is 0 Å². The number of aromatic nitrogens is 3. The third kappa shape index (κ3) is 3.57. The van der Waals surface area contributed by atoms with Crippen LogP contribution in [-0.4, -0.2) is 35.3 Å². The summed E-state index contributed by atoms with van der Waals surface area (Å²) in [5, 5.41) is 0.364. The molecule has 0 spiro atoms. The molecule has 0 amide bonds. The van der Waals surface area contributed by atoms with Crippen molar-refractivity contribution >= 4 is 20.7 Å². The molecule has 0 bridgehead atoms. The van der Waals surface area contributed by atoms with E-state index in [4.69, 9.17) is 4.74 Å². The first kappa shape index (κ1) is 19.0. The van der Waals surface area contributed by atoms with Gasteiger partial charge in [-0.25, -0.2) is 18.4 Å². The summed E-state index contributed by atoms with van der Waals surface area (Å²) in [5.41, 5.74) is 1.44. The minimum absolute atomic E-state index is 0.00219. The first-order chi connectivity index (χ1) is 12.9. The Morgan fingerprint density at radius 1 is 1.19 bits per heavy atom. The molecule has 1 aromatic carbocycles. The van der Waals surface area contributed by atoms with Crippen LogP contribution in [0.2, 0.25) is 0 Å². The van der Waals surface area contributed by atoms with Gasteiger partial charge in [-0.3, -0.25) is 4.79 Å². The van der Waals surface area contributed by atoms with Crippen LogP contribution in [0, 0.1) is 0 Å². The standard InChI is InChI=1S/C19H21N3O4S/c1-4-8-26-17-7-6-13(27(24,25)5-2)9-14(17)16-11-22(3)19(23)15-10-20-12-21-18(15)16/h6-7,9-12H,4-5,8H2,1-3H3. The number of rotatable bonds is 6. The molecule has 0 aliphatic carbocycles. The van der Waals surface area contributed by atoms with Crippen LogP contribution in [-0.2, 0) is 16.9 Å². The van der Waals surface area contributed by atoms with Gasteiger partial charge in [0.1, 0.15) is 12.1 Å². The Kier molecular flexibility index (Phi) is 5.27. The second-order valence-electron chi connectivity index (χ2n) is 6.15. The fourth-order valence-electron chi connectivity index (χ4n) is 2.82. The SMILES string of the molecule is CCCOc1ccc(S(=O)(=O)CC)cc1-c1cn(C)c(=O)c2cncnc12. The highest BCUT2D eigenvalue weighted by Crippen LogP contribution is 2.35. The summed E-state index contributed by atoms with van der Waals surface area (Å²) in [4.78, 5) is 20.8. The molecular formula is C19H21N3O4S. The molecule has 27 heavy (non-hydrogen) atoms. The van der Waals surface area contributed by atoms with Crippen molar-refractivity contribution in [1.82, 2.24) is 14.5 Å². The van der Waals surface area contributed by atoms with Crippen LogP contribution >= 0.6 is 0 Å². The number of benzene rings is 1. The number of pyridine rings is 1. The molecule has 0 N–H and O–H groups in total. The van der Waals surface area contributed by atoms with Gasteiger partial charge in [0.05, 0.1) is 28.2 Å². The van der Waals surface area contributed by atoms with Gasteiger partial charge in [-0.2, -0.15) is 0 Å². The lowest BCUT2D eigenvalue weighted by atomic mass is 10.0. The zero-order chi connectivity index (χ0) is 19.6. The summed E-state index contributed by atoms with van der Waals surface area (Å²) in [6.07, 6.45) is 5.29. The van der Waals surface area contributed by atoms with Gasteiger partial charge in [0.15, 0.2) is 9.84 Å². The molecule has 3 rings (SSSR count). The Bertz CT molecular complexity index is 1150. The molecule has 3 aromatic rings. The highest BCUT2D eigenvalue weighted by molar-refractivity contribution is 7.91. The van der Waals surface area contributed by atoms with Crippen LogP contribution in [0.5, 0.6) is 5.75 Å². The first-order valence-corrected chi connectivity index (χ1v) is 10.3. The fourth-order valence-corrected chi connectivity index (χ4v) is 3.72. The Hall–Kier alpha value is -2.74. The molecule has 0 saturated heterocycles. The van der Waals surface area contributed by atoms with Crippen molar-refractivity contribution in [3.05, 3.63) is 47.3 Å². The maximum Gasteiger partial charge on any atom is 0.261 e. The van der Waals surface area contributed by atoms with E-state index in [-0.39, 0.29) is 16.2 Å². The van der Waals surface area contributed by atoms with Crippen molar-refractivity contribution in [3.63, 3.8) is 0 Å². The van der Waals surface area contributed by atoms with Crippen LogP contribution in [0.25, 0.3) is 22.0 Å². The molecule has 2 heterocycles. The lowest BCUT2D eigenvalue weighted by Gasteiger charge is -2.15. The summed E-state index contributed by atoms with van der Waals surface area (Å²) >= 11 is 0. The van der Waals surface area contributed by atoms with E-state index in [0.29, 0.717) is 34.4 Å². The lowest BCUT2D eigenvalue weighted by Crippen LogP contribution is -2.17. The predicted molar refractivity (Wildman–Crippen MR) is 104 cm³/mol. The molecule has 7 nitrogen and oxygen atoms in total. The summed E-state index contributed by atoms with van der Waals surface area (Å²) in [5.74, 6) is 0.545. The first-order valence-electron chi connectivity index (χ1n) is 8.68. The number of sulfone groups is 1. The van der Waals surface area contributed by atoms with Gasteiger partial charge in [-0.05, 0) is 24.6 Å². The topological polar surface area (TPSA) is 91.2 Å². The van der Waals surface area contributed by atoms with Gasteiger partial charge in [-0.1, -0.05) is 13.8 Å². The molecule has 8 heteroatoms. The molecule has 0 radical (unpaired) electrons. The highest BCUT2D eigenvalue weighted by atomic mass is 32.2. The predicted octanol–water partition coefficient (Wildman–Crippen LogP) is 2.58. The molecule has 0 unspecified atom stereocenters. The summed E-state index contributed by atoms with van der Waals surface area (Å²) in [6, 6.07) is 4.79. The van der Waals surface area contributed by atoms with Crippen molar-refractivity contribution in [2.24, 2.45) is 7.05 Å². The molecule has 0 atom stereocenters. The molecule has 0 aliphatic rings. The molecule has 0 fully saturated rings. The Labute approximate surface area is 157 Å². The van der Waals surface area contributed by atoms with Gasteiger partial charge in [0.2, 0.25) is 0 Å². The Morgan fingerprint density at radius 3 is 2.67 bits per heavy atom. The van der Waals surface area contributed by atoms with Crippen LogP contribution < -0.4 is 10.3 Å². The molecule has 142 valence electrons. The van der Waals surface area contributed by atoms with Gasteiger partial charge >= 0.3 is 0 Å². The number of fused-ring (bicyclic) bond motifs is 1. The third-order valence-electron chi connectivity index (χ3n) is 4.28. The maximum atomic E-state index is 12.4. The Balaban J connectivity index is 2.35. The van der Waals surface area contributed by atoms with Crippen molar-refractivity contribution in [2.75, 3.05) is 12.4 Å². The number of hydrogen-bond acceptors (Lipinski definition) is 6. The minimum atomic E-state index is -3.39. The zero-order valence-electron chi connectivity index (χ0n) is 15.5. The second kappa shape index (κ2) is 7.48. The smallest absolute Gasteiger partial charge is 0.261 e. The quantitative estimate of drug-likeness (QED) is 0.646. The van der Waals surface area contributed by atoms with E-state index in [0.717, 1.165) is 6.42 Å². The summed E-state index contributed by atoms with van der Waals surface area (Å²) < 4.78 is 32.0. The fraction of sp³-hybridized carbons (Fsp3) is 0.316. The third-order valence-corrected chi connectivity index (χ3v) is 6.02. The van der Waals surface area contributed by atoms with Crippen LogP contribution in [0.3, 0.4) is 0 Å². The average molecular weight is 387 g/mol. The number of nitrogens with zero attached hydrogens (tertiary/aromatic N) is 3. The lowest BCUT2D eigenvalue weighted by molar-refractivity contribution is 0.318. The summed E-state index contributed by atoms with van der Waals surface area (Å²) in [6.45, 7) is 4.08. The van der Waals surface area contributed by atoms with Crippen molar-refractivity contribution in [2.45, 2.75) is 25.2 Å². The van der Waals surface area contributed by atoms with E-state index < -0.39 is 9.84 Å². The van der Waals surface area contributed by atoms with Gasteiger partial charge < -0.3 is 9.30 Å². The second-order valence-corrected chi connectivity index (χ2v) is 8.43. The van der Waals surface area contributed by atoms with E-state index >= 15 is 0 Å². The molecule has 0 aliphatic heterocycles. The van der Waals surface area contributed by atoms with Crippen molar-refractivity contribution in [3.8, 4) is 16.9 Å². The van der Waals surface area contributed by atoms with Gasteiger partial charge in [0.25, 0.3) is 5.56 Å². The largest absolute Gasteiger partial charge is 0.493 e. The minimum Gasteiger partial charge on any atom is -0.493 e. The van der Waals surface area contributed by atoms with Crippen LogP contribution in [0.1, 0.15) is 20.3 Å². The number of hydrogen-bond donors (Lipinski definition) is 0. The van der Waals surface area contributed by atoms with Gasteiger partial charge in [0, 0.05) is 30.6 Å². The van der Waals surface area contributed by atoms with Crippen molar-refractivity contribution in [1.29, 1.82) is 0 Å². The van der Waals surface area contributed by atoms with Crippen molar-refractivity contribution < 1.29 is 13.2 Å². The normalized spacial score (nSPS) is 11.7.